The summed E-state index contributed by atoms with van der Waals surface area (Å²) in [6.07, 6.45) is 8.60. The standard InChI is InChI=1S/C15H17N7O/c1-21-13(3-5-20-21)10-19-15(23)18-9-12-2-4-17-14(8-12)22-7-6-16-11-22/h2-8,11H,9-10H2,1H3,(H2,18,19,23). The van der Waals surface area contributed by atoms with E-state index in [9.17, 15) is 4.79 Å². The van der Waals surface area contributed by atoms with Gasteiger partial charge in [-0.15, -0.1) is 0 Å². The summed E-state index contributed by atoms with van der Waals surface area (Å²) >= 11 is 0. The van der Waals surface area contributed by atoms with Gasteiger partial charge in [-0.1, -0.05) is 0 Å². The Labute approximate surface area is 133 Å². The normalized spacial score (nSPS) is 10.5. The molecule has 3 heterocycles. The van der Waals surface area contributed by atoms with Crippen molar-refractivity contribution in [3.8, 4) is 5.82 Å². The molecule has 0 atom stereocenters. The molecule has 0 spiro atoms. The molecular formula is C15H17N7O. The van der Waals surface area contributed by atoms with Crippen LogP contribution in [0.5, 0.6) is 0 Å². The first-order valence-electron chi connectivity index (χ1n) is 7.14. The van der Waals surface area contributed by atoms with Crippen molar-refractivity contribution in [3.05, 3.63) is 60.6 Å². The lowest BCUT2D eigenvalue weighted by atomic mass is 10.2. The van der Waals surface area contributed by atoms with Crippen molar-refractivity contribution in [2.24, 2.45) is 7.05 Å². The van der Waals surface area contributed by atoms with Gasteiger partial charge in [-0.2, -0.15) is 5.10 Å². The van der Waals surface area contributed by atoms with Gasteiger partial charge in [-0.25, -0.2) is 14.8 Å². The highest BCUT2D eigenvalue weighted by atomic mass is 16.2. The predicted octanol–water partition coefficient (Wildman–Crippen LogP) is 1.00. The molecule has 0 unspecified atom stereocenters. The number of carbonyl (C=O) groups excluding carboxylic acids is 1. The molecule has 0 aliphatic carbocycles. The van der Waals surface area contributed by atoms with Gasteiger partial charge in [0.2, 0.25) is 0 Å². The molecule has 0 aliphatic heterocycles. The van der Waals surface area contributed by atoms with Crippen LogP contribution in [0.1, 0.15) is 11.3 Å². The Morgan fingerprint density at radius 2 is 2.04 bits per heavy atom. The maximum absolute atomic E-state index is 11.9. The van der Waals surface area contributed by atoms with Gasteiger partial charge in [0.05, 0.1) is 12.2 Å². The van der Waals surface area contributed by atoms with Gasteiger partial charge in [0.1, 0.15) is 12.1 Å². The van der Waals surface area contributed by atoms with E-state index in [-0.39, 0.29) is 6.03 Å². The molecule has 0 saturated carbocycles. The Balaban J connectivity index is 1.53. The first kappa shape index (κ1) is 14.8. The molecule has 0 bridgehead atoms. The van der Waals surface area contributed by atoms with Crippen LogP contribution in [0.2, 0.25) is 0 Å². The minimum atomic E-state index is -0.229. The maximum Gasteiger partial charge on any atom is 0.315 e. The highest BCUT2D eigenvalue weighted by molar-refractivity contribution is 5.73. The average molecular weight is 311 g/mol. The molecule has 0 saturated heterocycles. The summed E-state index contributed by atoms with van der Waals surface area (Å²) in [5.41, 5.74) is 1.89. The molecule has 0 aromatic carbocycles. The number of hydrogen-bond acceptors (Lipinski definition) is 4. The molecule has 8 nitrogen and oxygen atoms in total. The second-order valence-electron chi connectivity index (χ2n) is 4.97. The SMILES string of the molecule is Cn1nccc1CNC(=O)NCc1ccnc(-n2ccnc2)c1. The molecule has 0 aliphatic rings. The summed E-state index contributed by atoms with van der Waals surface area (Å²) in [7, 11) is 1.84. The Kier molecular flexibility index (Phi) is 4.32. The monoisotopic (exact) mass is 311 g/mol. The van der Waals surface area contributed by atoms with E-state index >= 15 is 0 Å². The van der Waals surface area contributed by atoms with E-state index in [0.717, 1.165) is 17.1 Å². The van der Waals surface area contributed by atoms with Crippen LogP contribution in [0.3, 0.4) is 0 Å². The lowest BCUT2D eigenvalue weighted by Gasteiger charge is -2.09. The van der Waals surface area contributed by atoms with E-state index in [1.54, 1.807) is 29.6 Å². The first-order chi connectivity index (χ1) is 11.2. The molecule has 0 fully saturated rings. The van der Waals surface area contributed by atoms with Crippen molar-refractivity contribution in [1.29, 1.82) is 0 Å². The van der Waals surface area contributed by atoms with E-state index in [0.29, 0.717) is 13.1 Å². The number of hydrogen-bond donors (Lipinski definition) is 2. The molecule has 0 radical (unpaired) electrons. The van der Waals surface area contributed by atoms with Gasteiger partial charge in [0, 0.05) is 38.4 Å². The zero-order valence-electron chi connectivity index (χ0n) is 12.7. The minimum Gasteiger partial charge on any atom is -0.334 e. The number of imidazole rings is 1. The summed E-state index contributed by atoms with van der Waals surface area (Å²) in [5, 5.41) is 9.67. The van der Waals surface area contributed by atoms with Crippen molar-refractivity contribution in [3.63, 3.8) is 0 Å². The average Bonchev–Trinajstić information content (AvgIpc) is 3.23. The number of aryl methyl sites for hydroxylation is 1. The summed E-state index contributed by atoms with van der Waals surface area (Å²) < 4.78 is 3.53. The summed E-state index contributed by atoms with van der Waals surface area (Å²) in [4.78, 5) is 20.1. The van der Waals surface area contributed by atoms with Crippen LogP contribution >= 0.6 is 0 Å². The van der Waals surface area contributed by atoms with E-state index < -0.39 is 0 Å². The van der Waals surface area contributed by atoms with Gasteiger partial charge in [-0.05, 0) is 23.8 Å². The number of amides is 2. The zero-order chi connectivity index (χ0) is 16.1. The fourth-order valence-corrected chi connectivity index (χ4v) is 2.10. The lowest BCUT2D eigenvalue weighted by molar-refractivity contribution is 0.240. The molecule has 2 amide bonds. The Morgan fingerprint density at radius 1 is 1.17 bits per heavy atom. The predicted molar refractivity (Wildman–Crippen MR) is 83.6 cm³/mol. The summed E-state index contributed by atoms with van der Waals surface area (Å²) in [6.45, 7) is 0.848. The van der Waals surface area contributed by atoms with E-state index in [2.05, 4.69) is 25.7 Å². The number of aromatic nitrogens is 5. The Morgan fingerprint density at radius 3 is 2.78 bits per heavy atom. The second-order valence-corrected chi connectivity index (χ2v) is 4.97. The van der Waals surface area contributed by atoms with Crippen LogP contribution in [-0.4, -0.2) is 30.3 Å². The molecule has 2 N–H and O–H groups in total. The third kappa shape index (κ3) is 3.73. The highest BCUT2D eigenvalue weighted by Gasteiger charge is 2.04. The number of rotatable bonds is 5. The Hall–Kier alpha value is -3.16. The van der Waals surface area contributed by atoms with Crippen molar-refractivity contribution < 1.29 is 4.79 Å². The summed E-state index contributed by atoms with van der Waals surface area (Å²) in [5.74, 6) is 0.761. The van der Waals surface area contributed by atoms with Crippen LogP contribution in [0, 0.1) is 0 Å². The zero-order valence-corrected chi connectivity index (χ0v) is 12.7. The number of nitrogens with one attached hydrogen (secondary N) is 2. The fraction of sp³-hybridized carbons (Fsp3) is 0.200. The van der Waals surface area contributed by atoms with Gasteiger partial charge in [0.15, 0.2) is 0 Å². The smallest absolute Gasteiger partial charge is 0.315 e. The Bertz CT molecular complexity index is 779. The molecule has 23 heavy (non-hydrogen) atoms. The van der Waals surface area contributed by atoms with Crippen molar-refractivity contribution in [2.75, 3.05) is 0 Å². The van der Waals surface area contributed by atoms with Gasteiger partial charge < -0.3 is 10.6 Å². The fourth-order valence-electron chi connectivity index (χ4n) is 2.10. The van der Waals surface area contributed by atoms with Gasteiger partial charge in [0.25, 0.3) is 0 Å². The molecular weight excluding hydrogens is 294 g/mol. The topological polar surface area (TPSA) is 89.7 Å². The minimum absolute atomic E-state index is 0.229. The first-order valence-corrected chi connectivity index (χ1v) is 7.14. The molecule has 118 valence electrons. The van der Waals surface area contributed by atoms with E-state index in [4.69, 9.17) is 0 Å². The maximum atomic E-state index is 11.9. The number of urea groups is 1. The molecule has 3 aromatic heterocycles. The van der Waals surface area contributed by atoms with Crippen LogP contribution in [-0.2, 0) is 20.1 Å². The van der Waals surface area contributed by atoms with Crippen LogP contribution in [0.25, 0.3) is 5.82 Å². The van der Waals surface area contributed by atoms with Crippen LogP contribution in [0.15, 0.2) is 49.3 Å². The third-order valence-electron chi connectivity index (χ3n) is 3.38. The third-order valence-corrected chi connectivity index (χ3v) is 3.38. The molecule has 3 aromatic rings. The quantitative estimate of drug-likeness (QED) is 0.735. The van der Waals surface area contributed by atoms with Crippen LogP contribution < -0.4 is 10.6 Å². The number of carbonyl (C=O) groups is 1. The highest BCUT2D eigenvalue weighted by Crippen LogP contribution is 2.06. The number of nitrogens with zero attached hydrogens (tertiary/aromatic N) is 5. The van der Waals surface area contributed by atoms with Crippen molar-refractivity contribution >= 4 is 6.03 Å². The molecule has 8 heteroatoms. The van der Waals surface area contributed by atoms with E-state index in [1.165, 1.54) is 0 Å². The van der Waals surface area contributed by atoms with E-state index in [1.807, 2.05) is 36.0 Å². The van der Waals surface area contributed by atoms with Gasteiger partial charge >= 0.3 is 6.03 Å². The number of pyridine rings is 1. The largest absolute Gasteiger partial charge is 0.334 e. The molecule has 3 rings (SSSR count). The second kappa shape index (κ2) is 6.73. The van der Waals surface area contributed by atoms with Crippen LogP contribution in [0.4, 0.5) is 4.79 Å². The van der Waals surface area contributed by atoms with Crippen molar-refractivity contribution in [1.82, 2.24) is 34.9 Å². The van der Waals surface area contributed by atoms with Crippen molar-refractivity contribution in [2.45, 2.75) is 13.1 Å². The summed E-state index contributed by atoms with van der Waals surface area (Å²) in [6, 6.07) is 5.40. The van der Waals surface area contributed by atoms with Gasteiger partial charge in [-0.3, -0.25) is 9.25 Å². The lowest BCUT2D eigenvalue weighted by Crippen LogP contribution is -2.35.